The lowest BCUT2D eigenvalue weighted by Gasteiger charge is -2.41. The van der Waals surface area contributed by atoms with Crippen LogP contribution in [0.4, 0.5) is 0 Å². The Morgan fingerprint density at radius 2 is 1.05 bits per heavy atom. The van der Waals surface area contributed by atoms with Crippen LogP contribution >= 0.6 is 7.82 Å². The molecular formula is C49H77O14P. The van der Waals surface area contributed by atoms with Crippen molar-refractivity contribution >= 4 is 19.8 Å². The molecule has 0 bridgehead atoms. The zero-order chi connectivity index (χ0) is 47.3. The fourth-order valence-electron chi connectivity index (χ4n) is 5.98. The van der Waals surface area contributed by atoms with Crippen LogP contribution in [0.3, 0.4) is 0 Å². The first-order valence-electron chi connectivity index (χ1n) is 22.8. The molecule has 1 rings (SSSR count). The number of phosphoric ester groups is 1. The highest BCUT2D eigenvalue weighted by Gasteiger charge is 2.51. The van der Waals surface area contributed by atoms with Crippen LogP contribution in [0.5, 0.6) is 0 Å². The van der Waals surface area contributed by atoms with Crippen LogP contribution in [0.15, 0.2) is 109 Å². The number of hydrogen-bond donors (Lipinski definition) is 7. The number of phosphoric acid groups is 1. The Hall–Kier alpha value is -3.53. The number of hydrogen-bond acceptors (Lipinski definition) is 13. The van der Waals surface area contributed by atoms with E-state index in [0.29, 0.717) is 32.1 Å². The molecule has 1 aliphatic carbocycles. The minimum atomic E-state index is -5.16. The Bertz CT molecular complexity index is 1550. The largest absolute Gasteiger partial charge is 0.472 e. The lowest BCUT2D eigenvalue weighted by atomic mass is 9.85. The van der Waals surface area contributed by atoms with Gasteiger partial charge < -0.3 is 45.0 Å². The Morgan fingerprint density at radius 3 is 1.58 bits per heavy atom. The SMILES string of the molecule is CC/C=C\C(O)C/C=C/C=C\C/C=C\C/C=C\CCCC(=O)OC[C@H](COP(=O)(O)OC1[C@H](O)[C@H](O)C(O)[C@H](O)[C@H]1O)OC(=O)CCC/C=C\C/C=C\C/C=C\C/C=C\CCCCC. The summed E-state index contributed by atoms with van der Waals surface area (Å²) in [7, 11) is -5.16. The predicted molar refractivity (Wildman–Crippen MR) is 250 cm³/mol. The van der Waals surface area contributed by atoms with E-state index in [0.717, 1.165) is 44.9 Å². The topological polar surface area (TPSA) is 230 Å². The summed E-state index contributed by atoms with van der Waals surface area (Å²) in [4.78, 5) is 35.7. The highest BCUT2D eigenvalue weighted by Crippen LogP contribution is 2.47. The summed E-state index contributed by atoms with van der Waals surface area (Å²) in [5.74, 6) is -1.27. The number of rotatable bonds is 35. The first kappa shape index (κ1) is 58.5. The van der Waals surface area contributed by atoms with Gasteiger partial charge in [0.15, 0.2) is 6.10 Å². The van der Waals surface area contributed by atoms with Gasteiger partial charge in [-0.3, -0.25) is 18.6 Å². The fourth-order valence-corrected chi connectivity index (χ4v) is 6.95. The molecule has 0 spiro atoms. The van der Waals surface area contributed by atoms with Crippen molar-refractivity contribution in [1.29, 1.82) is 0 Å². The highest BCUT2D eigenvalue weighted by atomic mass is 31.2. The number of allylic oxidation sites excluding steroid dienone is 16. The molecule has 4 unspecified atom stereocenters. The Balaban J connectivity index is 2.58. The first-order chi connectivity index (χ1) is 30.8. The van der Waals surface area contributed by atoms with Crippen molar-refractivity contribution in [2.75, 3.05) is 13.2 Å². The second-order valence-corrected chi connectivity index (χ2v) is 16.8. The van der Waals surface area contributed by atoms with Gasteiger partial charge in [0.2, 0.25) is 0 Å². The molecule has 362 valence electrons. The molecule has 1 aliphatic rings. The Kier molecular flexibility index (Phi) is 34.4. The normalized spacial score (nSPS) is 23.1. The van der Waals surface area contributed by atoms with E-state index in [2.05, 4.69) is 43.4 Å². The molecule has 0 radical (unpaired) electrons. The number of aliphatic hydroxyl groups excluding tert-OH is 6. The van der Waals surface area contributed by atoms with Crippen molar-refractivity contribution in [1.82, 2.24) is 0 Å². The summed E-state index contributed by atoms with van der Waals surface area (Å²) < 4.78 is 33.4. The summed E-state index contributed by atoms with van der Waals surface area (Å²) in [6.45, 7) is 2.92. The van der Waals surface area contributed by atoms with Gasteiger partial charge in [0.05, 0.1) is 12.7 Å². The lowest BCUT2D eigenvalue weighted by Crippen LogP contribution is -2.64. The van der Waals surface area contributed by atoms with E-state index < -0.39 is 81.8 Å². The van der Waals surface area contributed by atoms with Gasteiger partial charge in [0.25, 0.3) is 0 Å². The quantitative estimate of drug-likeness (QED) is 0.0106. The van der Waals surface area contributed by atoms with E-state index in [-0.39, 0.29) is 12.8 Å². The zero-order valence-electron chi connectivity index (χ0n) is 37.9. The zero-order valence-corrected chi connectivity index (χ0v) is 38.8. The van der Waals surface area contributed by atoms with Crippen molar-refractivity contribution < 1.29 is 68.2 Å². The number of aliphatic hydroxyl groups is 6. The number of carbonyl (C=O) groups excluding carboxylic acids is 2. The number of carbonyl (C=O) groups is 2. The average Bonchev–Trinajstić information content (AvgIpc) is 3.27. The fraction of sp³-hybridized carbons (Fsp3) is 0.592. The molecule has 14 nitrogen and oxygen atoms in total. The van der Waals surface area contributed by atoms with Crippen LogP contribution in [0.2, 0.25) is 0 Å². The molecule has 64 heavy (non-hydrogen) atoms. The molecule has 0 aromatic carbocycles. The third kappa shape index (κ3) is 29.8. The summed E-state index contributed by atoms with van der Waals surface area (Å²) in [6.07, 6.45) is 34.9. The predicted octanol–water partition coefficient (Wildman–Crippen LogP) is 7.80. The van der Waals surface area contributed by atoms with Gasteiger partial charge in [0.1, 0.15) is 43.2 Å². The summed E-state index contributed by atoms with van der Waals surface area (Å²) >= 11 is 0. The van der Waals surface area contributed by atoms with Crippen molar-refractivity contribution in [3.8, 4) is 0 Å². The van der Waals surface area contributed by atoms with Crippen molar-refractivity contribution in [2.24, 2.45) is 0 Å². The smallest absolute Gasteiger partial charge is 0.462 e. The standard InChI is InChI=1S/C49H77O14P/c1-3-5-7-8-9-10-11-12-13-14-15-16-21-24-27-30-33-37-43(52)62-41(39-61-64(58,59)63-49-47(56)45(54)44(53)46(55)48(49)57)38-60-42(51)36-32-29-26-23-20-18-17-19-22-25-28-31-35-40(50)34-6-4-2/h6,9-10,12-13,15-18,22-28,31,34,40-41,44-50,53-57H,3-5,7-8,11,14,19-21,29-30,32-33,35-39H2,1-2H3,(H,58,59)/b10-9-,13-12-,16-15-,18-17-,25-22-,26-23-,27-24-,31-28+,34-6-/t40?,41-,44?,45-,46+,47-,48-,49?/m1/s1. The Labute approximate surface area is 381 Å². The van der Waals surface area contributed by atoms with E-state index in [9.17, 15) is 49.7 Å². The number of ether oxygens (including phenoxy) is 2. The van der Waals surface area contributed by atoms with Gasteiger partial charge in [0, 0.05) is 12.8 Å². The third-order valence-electron chi connectivity index (χ3n) is 9.67. The van der Waals surface area contributed by atoms with E-state index in [1.807, 2.05) is 73.8 Å². The maximum absolute atomic E-state index is 12.8. The molecule has 0 aromatic heterocycles. The van der Waals surface area contributed by atoms with Crippen molar-refractivity contribution in [3.63, 3.8) is 0 Å². The van der Waals surface area contributed by atoms with Crippen LogP contribution in [-0.2, 0) is 32.7 Å². The number of esters is 2. The molecule has 7 N–H and O–H groups in total. The summed E-state index contributed by atoms with van der Waals surface area (Å²) in [5, 5.41) is 59.9. The molecule has 1 fully saturated rings. The van der Waals surface area contributed by atoms with E-state index in [1.54, 1.807) is 6.08 Å². The van der Waals surface area contributed by atoms with Gasteiger partial charge in [-0.15, -0.1) is 0 Å². The molecule has 9 atom stereocenters. The summed E-state index contributed by atoms with van der Waals surface area (Å²) in [6, 6.07) is 0. The van der Waals surface area contributed by atoms with Gasteiger partial charge in [-0.05, 0) is 83.5 Å². The highest BCUT2D eigenvalue weighted by molar-refractivity contribution is 7.47. The maximum atomic E-state index is 12.8. The second kappa shape index (κ2) is 37.7. The molecule has 0 aromatic rings. The van der Waals surface area contributed by atoms with E-state index >= 15 is 0 Å². The monoisotopic (exact) mass is 921 g/mol. The van der Waals surface area contributed by atoms with Gasteiger partial charge in [-0.25, -0.2) is 4.57 Å². The van der Waals surface area contributed by atoms with Crippen LogP contribution < -0.4 is 0 Å². The van der Waals surface area contributed by atoms with Crippen LogP contribution in [0, 0.1) is 0 Å². The van der Waals surface area contributed by atoms with Gasteiger partial charge in [-0.1, -0.05) is 136 Å². The summed E-state index contributed by atoms with van der Waals surface area (Å²) in [5.41, 5.74) is 0. The van der Waals surface area contributed by atoms with Gasteiger partial charge >= 0.3 is 19.8 Å². The van der Waals surface area contributed by atoms with E-state index in [4.69, 9.17) is 18.5 Å². The molecule has 0 aliphatic heterocycles. The minimum Gasteiger partial charge on any atom is -0.462 e. The molecule has 0 heterocycles. The van der Waals surface area contributed by atoms with Crippen LogP contribution in [0.1, 0.15) is 123 Å². The minimum absolute atomic E-state index is 0.00686. The lowest BCUT2D eigenvalue weighted by molar-refractivity contribution is -0.220. The second-order valence-electron chi connectivity index (χ2n) is 15.4. The van der Waals surface area contributed by atoms with Crippen molar-refractivity contribution in [3.05, 3.63) is 109 Å². The van der Waals surface area contributed by atoms with E-state index in [1.165, 1.54) is 19.3 Å². The molecule has 15 heteroatoms. The molecule has 0 amide bonds. The van der Waals surface area contributed by atoms with Crippen molar-refractivity contribution in [2.45, 2.75) is 172 Å². The molecule has 1 saturated carbocycles. The Morgan fingerprint density at radius 1 is 0.578 bits per heavy atom. The maximum Gasteiger partial charge on any atom is 0.472 e. The van der Waals surface area contributed by atoms with Gasteiger partial charge in [-0.2, -0.15) is 0 Å². The first-order valence-corrected chi connectivity index (χ1v) is 24.3. The average molecular weight is 921 g/mol. The third-order valence-corrected chi connectivity index (χ3v) is 10.7. The van der Waals surface area contributed by atoms with Crippen LogP contribution in [0.25, 0.3) is 0 Å². The molecule has 0 saturated heterocycles. The number of unbranched alkanes of at least 4 members (excludes halogenated alkanes) is 5. The van der Waals surface area contributed by atoms with Crippen LogP contribution in [-0.4, -0.2) is 110 Å². The molecular weight excluding hydrogens is 843 g/mol.